The Kier molecular flexibility index (Phi) is 5.55. The Hall–Kier alpha value is -2.02. The van der Waals surface area contributed by atoms with Crippen molar-refractivity contribution in [1.29, 1.82) is 10.5 Å². The standard InChI is InChI=1S/C20H24F2N4/c21-19(15-23)5-9-25(10-6-19)13-17-1-2-18(4-3-17)14-26-11-7-20(22,16-24)8-12-26/h1-4H,5-14H2. The van der Waals surface area contributed by atoms with Crippen LogP contribution in [-0.4, -0.2) is 47.3 Å². The molecule has 0 N–H and O–H groups in total. The van der Waals surface area contributed by atoms with Crippen LogP contribution in [0.3, 0.4) is 0 Å². The van der Waals surface area contributed by atoms with Crippen LogP contribution in [0.4, 0.5) is 8.78 Å². The Bertz CT molecular complexity index is 627. The number of piperidine rings is 2. The van der Waals surface area contributed by atoms with E-state index in [0.29, 0.717) is 26.2 Å². The fourth-order valence-corrected chi connectivity index (χ4v) is 3.62. The first-order chi connectivity index (χ1) is 12.4. The highest BCUT2D eigenvalue weighted by Crippen LogP contribution is 2.27. The van der Waals surface area contributed by atoms with Crippen LogP contribution >= 0.6 is 0 Å². The summed E-state index contributed by atoms with van der Waals surface area (Å²) in [6.45, 7) is 3.93. The second kappa shape index (κ2) is 7.70. The molecular formula is C20H24F2N4. The number of hydrogen-bond donors (Lipinski definition) is 0. The van der Waals surface area contributed by atoms with Gasteiger partial charge in [0.2, 0.25) is 0 Å². The summed E-state index contributed by atoms with van der Waals surface area (Å²) in [6, 6.07) is 11.9. The summed E-state index contributed by atoms with van der Waals surface area (Å²) >= 11 is 0. The predicted molar refractivity (Wildman–Crippen MR) is 94.4 cm³/mol. The lowest BCUT2D eigenvalue weighted by Gasteiger charge is -2.33. The Labute approximate surface area is 153 Å². The van der Waals surface area contributed by atoms with Gasteiger partial charge in [0.1, 0.15) is 12.1 Å². The van der Waals surface area contributed by atoms with Gasteiger partial charge in [0.25, 0.3) is 0 Å². The summed E-state index contributed by atoms with van der Waals surface area (Å²) in [6.07, 6.45) is 1.09. The third kappa shape index (κ3) is 4.58. The molecule has 0 aromatic heterocycles. The number of benzene rings is 1. The van der Waals surface area contributed by atoms with E-state index < -0.39 is 11.3 Å². The molecule has 2 fully saturated rings. The molecular weight excluding hydrogens is 334 g/mol. The Balaban J connectivity index is 1.47. The smallest absolute Gasteiger partial charge is 0.198 e. The zero-order valence-corrected chi connectivity index (χ0v) is 14.9. The number of nitrogens with zero attached hydrogens (tertiary/aromatic N) is 4. The second-order valence-electron chi connectivity index (χ2n) is 7.52. The Morgan fingerprint density at radius 3 is 1.31 bits per heavy atom. The summed E-state index contributed by atoms with van der Waals surface area (Å²) in [5, 5.41) is 17.7. The third-order valence-corrected chi connectivity index (χ3v) is 5.53. The van der Waals surface area contributed by atoms with E-state index in [2.05, 4.69) is 34.1 Å². The van der Waals surface area contributed by atoms with Crippen molar-refractivity contribution in [2.24, 2.45) is 0 Å². The summed E-state index contributed by atoms with van der Waals surface area (Å²) in [5.41, 5.74) is -0.972. The van der Waals surface area contributed by atoms with Crippen LogP contribution < -0.4 is 0 Å². The molecule has 2 heterocycles. The molecule has 0 spiro atoms. The van der Waals surface area contributed by atoms with Crippen molar-refractivity contribution in [3.63, 3.8) is 0 Å². The molecule has 1 aromatic carbocycles. The highest BCUT2D eigenvalue weighted by Gasteiger charge is 2.35. The molecule has 1 aromatic rings. The van der Waals surface area contributed by atoms with Crippen LogP contribution in [0, 0.1) is 22.7 Å². The summed E-state index contributed by atoms with van der Waals surface area (Å²) in [4.78, 5) is 4.36. The molecule has 138 valence electrons. The number of alkyl halides is 2. The molecule has 0 aliphatic carbocycles. The molecule has 2 aliphatic rings. The normalized spacial score (nSPS) is 23.1. The predicted octanol–water partition coefficient (Wildman–Crippen LogP) is 3.34. The average Bonchev–Trinajstić information content (AvgIpc) is 2.67. The molecule has 0 bridgehead atoms. The number of likely N-dealkylation sites (tertiary alicyclic amines) is 2. The number of rotatable bonds is 4. The summed E-state index contributed by atoms with van der Waals surface area (Å²) in [7, 11) is 0. The van der Waals surface area contributed by atoms with Gasteiger partial charge in [-0.3, -0.25) is 9.80 Å². The van der Waals surface area contributed by atoms with Gasteiger partial charge in [0.05, 0.1) is 0 Å². The first-order valence-electron chi connectivity index (χ1n) is 9.17. The van der Waals surface area contributed by atoms with Crippen LogP contribution in [0.5, 0.6) is 0 Å². The monoisotopic (exact) mass is 358 g/mol. The summed E-state index contributed by atoms with van der Waals surface area (Å²) < 4.78 is 27.9. The molecule has 0 amide bonds. The van der Waals surface area contributed by atoms with Gasteiger partial charge < -0.3 is 0 Å². The lowest BCUT2D eigenvalue weighted by atomic mass is 9.94. The minimum Gasteiger partial charge on any atom is -0.299 e. The first-order valence-corrected chi connectivity index (χ1v) is 9.17. The zero-order chi connectivity index (χ0) is 18.6. The van der Waals surface area contributed by atoms with E-state index in [0.717, 1.165) is 13.1 Å². The number of hydrogen-bond acceptors (Lipinski definition) is 4. The molecule has 0 saturated carbocycles. The molecule has 6 heteroatoms. The SMILES string of the molecule is N#CC1(F)CCN(Cc2ccc(CN3CCC(F)(C#N)CC3)cc2)CC1. The van der Waals surface area contributed by atoms with E-state index in [1.54, 1.807) is 12.1 Å². The second-order valence-corrected chi connectivity index (χ2v) is 7.52. The minimum absolute atomic E-state index is 0.273. The van der Waals surface area contributed by atoms with E-state index in [4.69, 9.17) is 10.5 Å². The highest BCUT2D eigenvalue weighted by molar-refractivity contribution is 5.23. The quantitative estimate of drug-likeness (QED) is 0.828. The maximum Gasteiger partial charge on any atom is 0.198 e. The van der Waals surface area contributed by atoms with Crippen LogP contribution in [-0.2, 0) is 13.1 Å². The minimum atomic E-state index is -1.66. The van der Waals surface area contributed by atoms with Crippen molar-refractivity contribution in [2.75, 3.05) is 26.2 Å². The van der Waals surface area contributed by atoms with Crippen molar-refractivity contribution in [3.05, 3.63) is 35.4 Å². The lowest BCUT2D eigenvalue weighted by Crippen LogP contribution is -2.40. The highest BCUT2D eigenvalue weighted by atomic mass is 19.1. The fraction of sp³-hybridized carbons (Fsp3) is 0.600. The average molecular weight is 358 g/mol. The van der Waals surface area contributed by atoms with E-state index in [1.807, 2.05) is 0 Å². The largest absolute Gasteiger partial charge is 0.299 e. The molecule has 2 aliphatic heterocycles. The van der Waals surface area contributed by atoms with E-state index in [1.165, 1.54) is 11.1 Å². The Morgan fingerprint density at radius 1 is 0.731 bits per heavy atom. The van der Waals surface area contributed by atoms with Gasteiger partial charge in [-0.05, 0) is 11.1 Å². The van der Waals surface area contributed by atoms with Gasteiger partial charge >= 0.3 is 0 Å². The van der Waals surface area contributed by atoms with Gasteiger partial charge in [-0.15, -0.1) is 0 Å². The Morgan fingerprint density at radius 2 is 1.04 bits per heavy atom. The molecule has 0 unspecified atom stereocenters. The van der Waals surface area contributed by atoms with Gasteiger partial charge in [-0.25, -0.2) is 8.78 Å². The van der Waals surface area contributed by atoms with Gasteiger partial charge in [0, 0.05) is 65.0 Å². The van der Waals surface area contributed by atoms with E-state index in [-0.39, 0.29) is 25.7 Å². The number of halogens is 2. The first kappa shape index (κ1) is 18.8. The van der Waals surface area contributed by atoms with Gasteiger partial charge in [0.15, 0.2) is 11.3 Å². The third-order valence-electron chi connectivity index (χ3n) is 5.53. The van der Waals surface area contributed by atoms with Gasteiger partial charge in [-0.2, -0.15) is 10.5 Å². The molecule has 4 nitrogen and oxygen atoms in total. The molecule has 0 radical (unpaired) electrons. The van der Waals surface area contributed by atoms with Crippen LogP contribution in [0.25, 0.3) is 0 Å². The fourth-order valence-electron chi connectivity index (χ4n) is 3.62. The molecule has 26 heavy (non-hydrogen) atoms. The van der Waals surface area contributed by atoms with Crippen molar-refractivity contribution in [1.82, 2.24) is 9.80 Å². The van der Waals surface area contributed by atoms with Crippen molar-refractivity contribution in [3.8, 4) is 12.1 Å². The van der Waals surface area contributed by atoms with Crippen molar-refractivity contribution < 1.29 is 8.78 Å². The molecule has 2 saturated heterocycles. The van der Waals surface area contributed by atoms with Crippen LogP contribution in [0.2, 0.25) is 0 Å². The van der Waals surface area contributed by atoms with Crippen LogP contribution in [0.15, 0.2) is 24.3 Å². The zero-order valence-electron chi connectivity index (χ0n) is 14.9. The van der Waals surface area contributed by atoms with Crippen molar-refractivity contribution >= 4 is 0 Å². The maximum atomic E-state index is 13.9. The van der Waals surface area contributed by atoms with E-state index >= 15 is 0 Å². The molecule has 3 rings (SSSR count). The topological polar surface area (TPSA) is 54.1 Å². The summed E-state index contributed by atoms with van der Waals surface area (Å²) in [5.74, 6) is 0. The number of nitriles is 2. The van der Waals surface area contributed by atoms with Gasteiger partial charge in [-0.1, -0.05) is 24.3 Å². The van der Waals surface area contributed by atoms with Crippen LogP contribution in [0.1, 0.15) is 36.8 Å². The maximum absolute atomic E-state index is 13.9. The van der Waals surface area contributed by atoms with E-state index in [9.17, 15) is 8.78 Å². The van der Waals surface area contributed by atoms with Crippen molar-refractivity contribution in [2.45, 2.75) is 50.1 Å². The lowest BCUT2D eigenvalue weighted by molar-refractivity contribution is 0.0977. The molecule has 0 atom stereocenters.